The Morgan fingerprint density at radius 1 is 1.00 bits per heavy atom. The summed E-state index contributed by atoms with van der Waals surface area (Å²) in [6, 6.07) is 0.819. The van der Waals surface area contributed by atoms with Gasteiger partial charge < -0.3 is 15.0 Å². The van der Waals surface area contributed by atoms with E-state index in [0.717, 1.165) is 90.8 Å². The highest BCUT2D eigenvalue weighted by Gasteiger charge is 2.50. The number of hydrogen-bond acceptors (Lipinski definition) is 5. The number of carbonyl (C=O) groups is 1. The van der Waals surface area contributed by atoms with E-state index in [0.29, 0.717) is 6.61 Å². The molecule has 1 aromatic rings. The molecular formula is C27H39N3O2S2. The summed E-state index contributed by atoms with van der Waals surface area (Å²) in [6.07, 6.45) is 13.1. The number of nitrogens with zero attached hydrogens (tertiary/aromatic N) is 2. The van der Waals surface area contributed by atoms with Crippen molar-refractivity contribution in [2.45, 2.75) is 77.2 Å². The van der Waals surface area contributed by atoms with E-state index in [-0.39, 0.29) is 5.97 Å². The molecule has 0 amide bonds. The molecule has 186 valence electrons. The summed E-state index contributed by atoms with van der Waals surface area (Å²) in [5, 5.41) is 5.17. The highest BCUT2D eigenvalue weighted by atomic mass is 32.1. The average molecular weight is 502 g/mol. The molecule has 0 aromatic carbocycles. The summed E-state index contributed by atoms with van der Waals surface area (Å²) in [5.74, 6) is 3.76. The Balaban J connectivity index is 1.11. The molecule has 1 aromatic heterocycles. The second-order valence-electron chi connectivity index (χ2n) is 11.4. The van der Waals surface area contributed by atoms with E-state index in [1.54, 1.807) is 11.3 Å². The number of thiophene rings is 1. The van der Waals surface area contributed by atoms with Crippen LogP contribution < -0.4 is 5.32 Å². The van der Waals surface area contributed by atoms with E-state index in [1.807, 2.05) is 6.92 Å². The molecule has 2 heterocycles. The highest BCUT2D eigenvalue weighted by Crippen LogP contribution is 2.55. The van der Waals surface area contributed by atoms with Gasteiger partial charge in [0.2, 0.25) is 0 Å². The molecule has 5 nitrogen and oxygen atoms in total. The van der Waals surface area contributed by atoms with Gasteiger partial charge in [-0.05, 0) is 106 Å². The summed E-state index contributed by atoms with van der Waals surface area (Å²) in [5.41, 5.74) is 1.95. The number of piperazine rings is 1. The van der Waals surface area contributed by atoms with E-state index in [1.165, 1.54) is 55.4 Å². The maximum absolute atomic E-state index is 12.9. The third-order valence-corrected chi connectivity index (χ3v) is 10.9. The molecule has 4 saturated carbocycles. The van der Waals surface area contributed by atoms with Gasteiger partial charge in [0.05, 0.1) is 12.2 Å². The van der Waals surface area contributed by atoms with Crippen LogP contribution in [0.1, 0.15) is 79.1 Å². The lowest BCUT2D eigenvalue weighted by Gasteiger charge is -2.58. The summed E-state index contributed by atoms with van der Waals surface area (Å²) in [7, 11) is 0. The number of nitrogens with one attached hydrogen (secondary N) is 1. The van der Waals surface area contributed by atoms with E-state index < -0.39 is 0 Å². The Labute approximate surface area is 213 Å². The number of fused-ring (bicyclic) bond motifs is 1. The molecule has 0 radical (unpaired) electrons. The molecule has 6 aliphatic rings. The quantitative estimate of drug-likeness (QED) is 0.342. The lowest BCUT2D eigenvalue weighted by Crippen LogP contribution is -2.60. The van der Waals surface area contributed by atoms with Crippen LogP contribution in [0.15, 0.2) is 0 Å². The Morgan fingerprint density at radius 2 is 1.68 bits per heavy atom. The highest BCUT2D eigenvalue weighted by molar-refractivity contribution is 7.80. The summed E-state index contributed by atoms with van der Waals surface area (Å²) in [4.78, 5) is 19.4. The first-order chi connectivity index (χ1) is 16.6. The minimum absolute atomic E-state index is 0.195. The van der Waals surface area contributed by atoms with Crippen LogP contribution in [0.4, 0.5) is 5.00 Å². The zero-order valence-corrected chi connectivity index (χ0v) is 22.2. The van der Waals surface area contributed by atoms with Crippen molar-refractivity contribution in [1.29, 1.82) is 0 Å². The van der Waals surface area contributed by atoms with Gasteiger partial charge in [-0.25, -0.2) is 4.79 Å². The first-order valence-electron chi connectivity index (χ1n) is 13.7. The number of esters is 1. The number of anilines is 1. The summed E-state index contributed by atoms with van der Waals surface area (Å²) in [6.45, 7) is 6.47. The normalized spacial score (nSPS) is 32.9. The van der Waals surface area contributed by atoms with Crippen molar-refractivity contribution < 1.29 is 9.53 Å². The topological polar surface area (TPSA) is 44.8 Å². The van der Waals surface area contributed by atoms with Gasteiger partial charge in [-0.2, -0.15) is 0 Å². The number of ether oxygens (including phenoxy) is 1. The number of rotatable bonds is 4. The van der Waals surface area contributed by atoms with Crippen LogP contribution in [0.3, 0.4) is 0 Å². The van der Waals surface area contributed by atoms with Crippen molar-refractivity contribution >= 4 is 39.6 Å². The second-order valence-corrected chi connectivity index (χ2v) is 12.9. The van der Waals surface area contributed by atoms with E-state index >= 15 is 0 Å². The van der Waals surface area contributed by atoms with Crippen LogP contribution in [-0.2, 0) is 17.6 Å². The van der Waals surface area contributed by atoms with E-state index in [4.69, 9.17) is 17.0 Å². The molecule has 34 heavy (non-hydrogen) atoms. The fourth-order valence-electron chi connectivity index (χ4n) is 8.14. The molecule has 1 N–H and O–H groups in total. The van der Waals surface area contributed by atoms with Crippen molar-refractivity contribution in [3.8, 4) is 0 Å². The third kappa shape index (κ3) is 4.30. The van der Waals surface area contributed by atoms with Gasteiger partial charge >= 0.3 is 5.97 Å². The smallest absolute Gasteiger partial charge is 0.341 e. The maximum Gasteiger partial charge on any atom is 0.341 e. The van der Waals surface area contributed by atoms with Crippen LogP contribution in [0.2, 0.25) is 0 Å². The van der Waals surface area contributed by atoms with Gasteiger partial charge in [0.15, 0.2) is 5.11 Å². The molecule has 5 aliphatic carbocycles. The molecule has 0 unspecified atom stereocenters. The third-order valence-electron chi connectivity index (χ3n) is 9.32. The SMILES string of the molecule is CCOC(=O)c1c(NC(=S)N2CCN(C3C4CC5CC(C4)CC3C5)CC2)sc2c1CCCCC2. The molecule has 1 saturated heterocycles. The Bertz CT molecular complexity index is 909. The lowest BCUT2D eigenvalue weighted by molar-refractivity contribution is -0.0726. The van der Waals surface area contributed by atoms with Crippen LogP contribution in [0.5, 0.6) is 0 Å². The van der Waals surface area contributed by atoms with Crippen LogP contribution in [0.25, 0.3) is 0 Å². The Morgan fingerprint density at radius 3 is 2.35 bits per heavy atom. The van der Waals surface area contributed by atoms with Gasteiger partial charge in [-0.1, -0.05) is 6.42 Å². The molecule has 4 bridgehead atoms. The van der Waals surface area contributed by atoms with Crippen molar-refractivity contribution in [3.63, 3.8) is 0 Å². The molecule has 7 heteroatoms. The Hall–Kier alpha value is -1.18. The Kier molecular flexibility index (Phi) is 6.63. The molecular weight excluding hydrogens is 462 g/mol. The first kappa shape index (κ1) is 23.2. The van der Waals surface area contributed by atoms with E-state index in [2.05, 4.69) is 15.1 Å². The molecule has 7 rings (SSSR count). The lowest BCUT2D eigenvalue weighted by atomic mass is 9.54. The molecule has 5 fully saturated rings. The largest absolute Gasteiger partial charge is 0.462 e. The van der Waals surface area contributed by atoms with Gasteiger partial charge in [0.1, 0.15) is 5.00 Å². The second kappa shape index (κ2) is 9.70. The molecule has 0 atom stereocenters. The summed E-state index contributed by atoms with van der Waals surface area (Å²) < 4.78 is 5.45. The average Bonchev–Trinajstić information content (AvgIpc) is 2.99. The van der Waals surface area contributed by atoms with Crippen molar-refractivity contribution in [1.82, 2.24) is 9.80 Å². The van der Waals surface area contributed by atoms with Crippen molar-refractivity contribution in [2.75, 3.05) is 38.1 Å². The zero-order chi connectivity index (χ0) is 23.2. The molecule has 0 spiro atoms. The van der Waals surface area contributed by atoms with Crippen LogP contribution in [-0.4, -0.2) is 59.7 Å². The minimum atomic E-state index is -0.195. The number of hydrogen-bond donors (Lipinski definition) is 1. The van der Waals surface area contributed by atoms with Crippen molar-refractivity contribution in [3.05, 3.63) is 16.0 Å². The standard InChI is InChI=1S/C27H39N3O2S2/c1-2-32-26(31)23-21-6-4-3-5-7-22(21)34-25(23)28-27(33)30-10-8-29(9-11-30)24-19-13-17-12-18(15-19)16-20(24)14-17/h17-20,24H,2-16H2,1H3,(H,28,33). The zero-order valence-electron chi connectivity index (χ0n) is 20.5. The number of aryl methyl sites for hydroxylation is 1. The van der Waals surface area contributed by atoms with E-state index in [9.17, 15) is 4.79 Å². The minimum Gasteiger partial charge on any atom is -0.462 e. The summed E-state index contributed by atoms with van der Waals surface area (Å²) >= 11 is 7.61. The van der Waals surface area contributed by atoms with Gasteiger partial charge in [0.25, 0.3) is 0 Å². The number of thiocarbonyl (C=S) groups is 1. The van der Waals surface area contributed by atoms with Crippen LogP contribution in [0, 0.1) is 23.7 Å². The molecule has 1 aliphatic heterocycles. The fourth-order valence-corrected chi connectivity index (χ4v) is 9.77. The van der Waals surface area contributed by atoms with Gasteiger partial charge in [0, 0.05) is 37.1 Å². The predicted octanol–water partition coefficient (Wildman–Crippen LogP) is 5.33. The maximum atomic E-state index is 12.9. The van der Waals surface area contributed by atoms with Gasteiger partial charge in [-0.3, -0.25) is 4.90 Å². The first-order valence-corrected chi connectivity index (χ1v) is 14.9. The predicted molar refractivity (Wildman–Crippen MR) is 142 cm³/mol. The number of carbonyl (C=O) groups excluding carboxylic acids is 1. The fraction of sp³-hybridized carbons (Fsp3) is 0.778. The van der Waals surface area contributed by atoms with Crippen molar-refractivity contribution in [2.24, 2.45) is 23.7 Å². The van der Waals surface area contributed by atoms with Crippen LogP contribution >= 0.6 is 23.6 Å². The van der Waals surface area contributed by atoms with Gasteiger partial charge in [-0.15, -0.1) is 11.3 Å². The monoisotopic (exact) mass is 501 g/mol.